The molecule has 10 heteroatoms. The fourth-order valence-electron chi connectivity index (χ4n) is 4.28. The first-order chi connectivity index (χ1) is 21.8. The molecule has 45 heavy (non-hydrogen) atoms. The monoisotopic (exact) mass is 629 g/mol. The highest BCUT2D eigenvalue weighted by Gasteiger charge is 2.16. The van der Waals surface area contributed by atoms with Crippen molar-refractivity contribution < 1.29 is 28.5 Å². The zero-order valence-corrected chi connectivity index (χ0v) is 26.4. The highest BCUT2D eigenvalue weighted by atomic mass is 35.5. The van der Waals surface area contributed by atoms with Crippen molar-refractivity contribution in [2.24, 2.45) is 5.10 Å². The number of nitrogens with zero attached hydrogens (tertiary/aromatic N) is 1. The van der Waals surface area contributed by atoms with Gasteiger partial charge in [0.05, 0.1) is 24.5 Å². The molecule has 9 nitrogen and oxygen atoms in total. The number of hydrogen-bond donors (Lipinski definition) is 2. The van der Waals surface area contributed by atoms with Gasteiger partial charge in [-0.1, -0.05) is 54.1 Å². The van der Waals surface area contributed by atoms with Crippen molar-refractivity contribution in [3.05, 3.63) is 112 Å². The molecule has 0 radical (unpaired) electrons. The van der Waals surface area contributed by atoms with Crippen molar-refractivity contribution in [1.82, 2.24) is 5.43 Å². The average Bonchev–Trinajstić information content (AvgIpc) is 3.03. The number of amides is 2. The van der Waals surface area contributed by atoms with Gasteiger partial charge in [0, 0.05) is 11.3 Å². The minimum atomic E-state index is -0.437. The largest absolute Gasteiger partial charge is 0.490 e. The molecule has 234 valence electrons. The van der Waals surface area contributed by atoms with E-state index in [-0.39, 0.29) is 23.3 Å². The van der Waals surface area contributed by atoms with Crippen LogP contribution in [0.3, 0.4) is 0 Å². The molecular formula is C35H36ClN3O6. The maximum Gasteiger partial charge on any atom is 0.271 e. The van der Waals surface area contributed by atoms with Gasteiger partial charge < -0.3 is 24.3 Å². The lowest BCUT2D eigenvalue weighted by molar-refractivity contribution is -0.118. The highest BCUT2D eigenvalue weighted by molar-refractivity contribution is 6.32. The van der Waals surface area contributed by atoms with E-state index < -0.39 is 5.91 Å². The molecule has 0 bridgehead atoms. The van der Waals surface area contributed by atoms with E-state index in [9.17, 15) is 9.59 Å². The second kappa shape index (κ2) is 16.2. The summed E-state index contributed by atoms with van der Waals surface area (Å²) in [5.41, 5.74) is 7.20. The van der Waals surface area contributed by atoms with Crippen LogP contribution in [0.15, 0.2) is 84.0 Å². The van der Waals surface area contributed by atoms with Gasteiger partial charge in [0.1, 0.15) is 6.61 Å². The Bertz CT molecular complexity index is 1660. The Hall–Kier alpha value is -5.02. The minimum absolute atomic E-state index is 0.223. The number of ether oxygens (including phenoxy) is 4. The summed E-state index contributed by atoms with van der Waals surface area (Å²) < 4.78 is 23.1. The van der Waals surface area contributed by atoms with Crippen molar-refractivity contribution in [2.75, 3.05) is 25.1 Å². The second-order valence-electron chi connectivity index (χ2n) is 9.92. The summed E-state index contributed by atoms with van der Waals surface area (Å²) in [7, 11) is 0. The number of hydrazone groups is 1. The zero-order chi connectivity index (χ0) is 32.2. The third-order valence-corrected chi connectivity index (χ3v) is 6.96. The quantitative estimate of drug-likeness (QED) is 0.114. The molecule has 4 aromatic carbocycles. The highest BCUT2D eigenvalue weighted by Crippen LogP contribution is 2.36. The van der Waals surface area contributed by atoms with E-state index in [1.807, 2.05) is 76.2 Å². The SMILES string of the molecule is CCOc1cc(C(=O)N/N=C/c2cc(Cl)c(OCC(=O)Nc3cccc(C)c3C)c(OCC)c2)ccc1OCc1ccccc1. The Balaban J connectivity index is 1.39. The standard InChI is InChI=1S/C35H36ClN3O6/c1-5-42-31-19-27(15-16-30(31)44-21-25-12-8-7-9-13-25)35(41)39-37-20-26-17-28(36)34(32(18-26)43-6-2)45-22-33(40)38-29-14-10-11-23(3)24(29)4/h7-20H,5-6,21-22H2,1-4H3,(H,38,40)(H,39,41)/b37-20+. The van der Waals surface area contributed by atoms with Crippen LogP contribution in [0.5, 0.6) is 23.0 Å². The predicted molar refractivity (Wildman–Crippen MR) is 176 cm³/mol. The van der Waals surface area contributed by atoms with Crippen LogP contribution in [-0.4, -0.2) is 37.8 Å². The van der Waals surface area contributed by atoms with Gasteiger partial charge in [-0.25, -0.2) is 5.43 Å². The van der Waals surface area contributed by atoms with E-state index in [1.54, 1.807) is 30.3 Å². The van der Waals surface area contributed by atoms with Crippen LogP contribution in [0.2, 0.25) is 5.02 Å². The predicted octanol–water partition coefficient (Wildman–Crippen LogP) is 7.11. The number of halogens is 1. The van der Waals surface area contributed by atoms with Gasteiger partial charge in [-0.15, -0.1) is 0 Å². The third-order valence-electron chi connectivity index (χ3n) is 6.68. The molecule has 0 aliphatic rings. The Morgan fingerprint density at radius 2 is 1.58 bits per heavy atom. The van der Waals surface area contributed by atoms with E-state index in [2.05, 4.69) is 15.8 Å². The molecule has 0 spiro atoms. The van der Waals surface area contributed by atoms with E-state index in [0.29, 0.717) is 48.2 Å². The normalized spacial score (nSPS) is 10.8. The minimum Gasteiger partial charge on any atom is -0.490 e. The lowest BCUT2D eigenvalue weighted by atomic mass is 10.1. The Morgan fingerprint density at radius 3 is 2.33 bits per heavy atom. The van der Waals surface area contributed by atoms with Crippen LogP contribution in [0.25, 0.3) is 0 Å². The number of hydrogen-bond acceptors (Lipinski definition) is 7. The molecule has 2 N–H and O–H groups in total. The van der Waals surface area contributed by atoms with Gasteiger partial charge in [0.2, 0.25) is 0 Å². The smallest absolute Gasteiger partial charge is 0.271 e. The summed E-state index contributed by atoms with van der Waals surface area (Å²) in [4.78, 5) is 25.5. The van der Waals surface area contributed by atoms with Crippen molar-refractivity contribution in [3.63, 3.8) is 0 Å². The fourth-order valence-corrected chi connectivity index (χ4v) is 4.55. The van der Waals surface area contributed by atoms with Gasteiger partial charge in [-0.3, -0.25) is 9.59 Å². The molecule has 0 atom stereocenters. The van der Waals surface area contributed by atoms with Crippen molar-refractivity contribution in [2.45, 2.75) is 34.3 Å². The van der Waals surface area contributed by atoms with Crippen molar-refractivity contribution in [3.8, 4) is 23.0 Å². The van der Waals surface area contributed by atoms with Crippen LogP contribution in [-0.2, 0) is 11.4 Å². The third kappa shape index (κ3) is 9.23. The van der Waals surface area contributed by atoms with E-state index >= 15 is 0 Å². The molecule has 0 fully saturated rings. The number of carbonyl (C=O) groups excluding carboxylic acids is 2. The first kappa shape index (κ1) is 32.9. The topological polar surface area (TPSA) is 107 Å². The molecule has 4 aromatic rings. The Kier molecular flexibility index (Phi) is 11.8. The first-order valence-corrected chi connectivity index (χ1v) is 14.9. The number of anilines is 1. The van der Waals surface area contributed by atoms with Crippen LogP contribution in [0.4, 0.5) is 5.69 Å². The molecule has 4 rings (SSSR count). The number of carbonyl (C=O) groups is 2. The van der Waals surface area contributed by atoms with Gasteiger partial charge in [0.25, 0.3) is 11.8 Å². The zero-order valence-electron chi connectivity index (χ0n) is 25.7. The molecular weight excluding hydrogens is 594 g/mol. The van der Waals surface area contributed by atoms with Crippen LogP contribution >= 0.6 is 11.6 Å². The number of benzene rings is 4. The van der Waals surface area contributed by atoms with Gasteiger partial charge in [-0.2, -0.15) is 5.10 Å². The summed E-state index contributed by atoms with van der Waals surface area (Å²) in [6.45, 7) is 8.44. The molecule has 0 heterocycles. The summed E-state index contributed by atoms with van der Waals surface area (Å²) in [6.07, 6.45) is 1.43. The van der Waals surface area contributed by atoms with Crippen molar-refractivity contribution in [1.29, 1.82) is 0 Å². The Labute approximate surface area is 268 Å². The summed E-state index contributed by atoms with van der Waals surface area (Å²) >= 11 is 6.51. The van der Waals surface area contributed by atoms with E-state index in [4.69, 9.17) is 30.5 Å². The van der Waals surface area contributed by atoms with Crippen LogP contribution in [0, 0.1) is 13.8 Å². The average molecular weight is 630 g/mol. The maximum absolute atomic E-state index is 12.9. The maximum atomic E-state index is 12.9. The molecule has 0 aliphatic heterocycles. The van der Waals surface area contributed by atoms with E-state index in [0.717, 1.165) is 22.4 Å². The van der Waals surface area contributed by atoms with Gasteiger partial charge in [0.15, 0.2) is 29.6 Å². The summed E-state index contributed by atoms with van der Waals surface area (Å²) in [6, 6.07) is 23.7. The summed E-state index contributed by atoms with van der Waals surface area (Å²) in [5.74, 6) is 0.783. The molecule has 0 saturated heterocycles. The number of rotatable bonds is 14. The lowest BCUT2D eigenvalue weighted by Crippen LogP contribution is -2.21. The van der Waals surface area contributed by atoms with Gasteiger partial charge in [-0.05, 0) is 86.3 Å². The van der Waals surface area contributed by atoms with Crippen molar-refractivity contribution >= 4 is 35.3 Å². The molecule has 0 unspecified atom stereocenters. The summed E-state index contributed by atoms with van der Waals surface area (Å²) in [5, 5.41) is 7.17. The molecule has 0 aromatic heterocycles. The molecule has 0 saturated carbocycles. The lowest BCUT2D eigenvalue weighted by Gasteiger charge is -2.15. The molecule has 0 aliphatic carbocycles. The van der Waals surface area contributed by atoms with E-state index in [1.165, 1.54) is 6.21 Å². The van der Waals surface area contributed by atoms with Gasteiger partial charge >= 0.3 is 0 Å². The van der Waals surface area contributed by atoms with Crippen LogP contribution < -0.4 is 29.7 Å². The second-order valence-corrected chi connectivity index (χ2v) is 10.3. The Morgan fingerprint density at radius 1 is 0.822 bits per heavy atom. The fraction of sp³-hybridized carbons (Fsp3) is 0.229. The number of nitrogens with one attached hydrogen (secondary N) is 2. The number of aryl methyl sites for hydroxylation is 1. The van der Waals surface area contributed by atoms with Crippen LogP contribution in [0.1, 0.15) is 46.5 Å². The molecule has 2 amide bonds. The first-order valence-electron chi connectivity index (χ1n) is 14.5.